The molecule has 0 atom stereocenters. The van der Waals surface area contributed by atoms with E-state index in [9.17, 15) is 14.3 Å². The third-order valence-corrected chi connectivity index (χ3v) is 5.78. The average Bonchev–Trinajstić information content (AvgIpc) is 3.19. The zero-order chi connectivity index (χ0) is 21.4. The van der Waals surface area contributed by atoms with E-state index in [0.717, 1.165) is 29.5 Å². The number of carbonyl (C=O) groups excluding carboxylic acids is 1. The van der Waals surface area contributed by atoms with E-state index in [1.807, 2.05) is 23.6 Å². The average molecular weight is 409 g/mol. The molecule has 0 bridgehead atoms. The number of carbonyl (C=O) groups is 1. The Hall–Kier alpha value is -3.35. The van der Waals surface area contributed by atoms with E-state index in [1.54, 1.807) is 24.5 Å². The van der Waals surface area contributed by atoms with Crippen LogP contribution in [0.3, 0.4) is 0 Å². The van der Waals surface area contributed by atoms with Gasteiger partial charge in [-0.1, -0.05) is 13.5 Å². The summed E-state index contributed by atoms with van der Waals surface area (Å²) < 4.78 is 22.2. The lowest BCUT2D eigenvalue weighted by molar-refractivity contribution is -0.130. The maximum atomic E-state index is 14.1. The van der Waals surface area contributed by atoms with Crippen LogP contribution in [0.2, 0.25) is 0 Å². The number of aryl methyl sites for hydroxylation is 1. The van der Waals surface area contributed by atoms with Crippen LogP contribution in [0.15, 0.2) is 49.6 Å². The smallest absolute Gasteiger partial charge is 0.245 e. The van der Waals surface area contributed by atoms with Crippen LogP contribution in [-0.4, -0.2) is 44.5 Å². The summed E-state index contributed by atoms with van der Waals surface area (Å²) in [6.07, 6.45) is 8.68. The second-order valence-electron chi connectivity index (χ2n) is 7.61. The van der Waals surface area contributed by atoms with Crippen molar-refractivity contribution in [2.75, 3.05) is 7.05 Å². The number of halogens is 1. The molecule has 1 aliphatic rings. The van der Waals surface area contributed by atoms with Gasteiger partial charge in [0, 0.05) is 37.7 Å². The summed E-state index contributed by atoms with van der Waals surface area (Å²) in [7, 11) is 1.77. The molecule has 6 nitrogen and oxygen atoms in total. The van der Waals surface area contributed by atoms with E-state index < -0.39 is 5.82 Å². The van der Waals surface area contributed by atoms with Gasteiger partial charge in [-0.2, -0.15) is 0 Å². The van der Waals surface area contributed by atoms with Gasteiger partial charge < -0.3 is 19.1 Å². The van der Waals surface area contributed by atoms with Crippen molar-refractivity contribution in [2.45, 2.75) is 38.3 Å². The second kappa shape index (κ2) is 7.82. The third-order valence-electron chi connectivity index (χ3n) is 5.78. The Kier molecular flexibility index (Phi) is 5.20. The van der Waals surface area contributed by atoms with Crippen molar-refractivity contribution in [3.05, 3.63) is 61.0 Å². The van der Waals surface area contributed by atoms with Crippen LogP contribution in [-0.2, 0) is 11.2 Å². The van der Waals surface area contributed by atoms with Crippen LogP contribution in [0.25, 0.3) is 16.6 Å². The maximum absolute atomic E-state index is 14.1. The van der Waals surface area contributed by atoms with Gasteiger partial charge in [0.25, 0.3) is 0 Å². The molecule has 1 saturated carbocycles. The van der Waals surface area contributed by atoms with Crippen LogP contribution >= 0.6 is 0 Å². The zero-order valence-electron chi connectivity index (χ0n) is 17.0. The number of hydrogen-bond donors (Lipinski definition) is 1. The normalized spacial score (nSPS) is 18.1. The molecule has 1 fully saturated rings. The number of pyridine rings is 1. The number of benzene rings is 1. The number of ether oxygens (including phenoxy) is 1. The molecule has 2 aromatic heterocycles. The lowest BCUT2D eigenvalue weighted by Gasteiger charge is -2.40. The molecule has 0 spiro atoms. The predicted molar refractivity (Wildman–Crippen MR) is 112 cm³/mol. The lowest BCUT2D eigenvalue weighted by Crippen LogP contribution is -2.49. The molecule has 0 aliphatic heterocycles. The molecule has 0 unspecified atom stereocenters. The number of amides is 1. The van der Waals surface area contributed by atoms with Gasteiger partial charge in [0.15, 0.2) is 11.6 Å². The summed E-state index contributed by atoms with van der Waals surface area (Å²) in [4.78, 5) is 17.7. The Balaban J connectivity index is 1.63. The van der Waals surface area contributed by atoms with E-state index in [1.165, 1.54) is 18.2 Å². The second-order valence-corrected chi connectivity index (χ2v) is 7.61. The Morgan fingerprint density at radius 3 is 2.90 bits per heavy atom. The largest absolute Gasteiger partial charge is 0.505 e. The number of hydrogen-bond acceptors (Lipinski definition) is 4. The SMILES string of the molecule is C=CC(=O)N(C)[C@H]1C[C@H](Oc2cc(-c3cc(F)c(O)cc3CC)cn3cncc23)C1. The first-order chi connectivity index (χ1) is 14.4. The summed E-state index contributed by atoms with van der Waals surface area (Å²) >= 11 is 0. The van der Waals surface area contributed by atoms with Crippen LogP contribution in [0.4, 0.5) is 4.39 Å². The molecule has 0 radical (unpaired) electrons. The molecule has 1 aliphatic carbocycles. The van der Waals surface area contributed by atoms with E-state index in [-0.39, 0.29) is 23.8 Å². The van der Waals surface area contributed by atoms with E-state index in [4.69, 9.17) is 4.74 Å². The maximum Gasteiger partial charge on any atom is 0.245 e. The molecule has 1 amide bonds. The number of phenols is 1. The number of likely N-dealkylation sites (N-methyl/N-ethyl adjacent to an activating group) is 1. The molecule has 1 N–H and O–H groups in total. The Morgan fingerprint density at radius 1 is 1.43 bits per heavy atom. The quantitative estimate of drug-likeness (QED) is 0.626. The number of aromatic hydroxyl groups is 1. The van der Waals surface area contributed by atoms with Crippen molar-refractivity contribution in [1.82, 2.24) is 14.3 Å². The summed E-state index contributed by atoms with van der Waals surface area (Å²) in [5.74, 6) is -0.455. The van der Waals surface area contributed by atoms with Gasteiger partial charge in [-0.3, -0.25) is 4.79 Å². The lowest BCUT2D eigenvalue weighted by atomic mass is 9.88. The summed E-state index contributed by atoms with van der Waals surface area (Å²) in [5, 5.41) is 9.73. The highest BCUT2D eigenvalue weighted by atomic mass is 19.1. The third kappa shape index (κ3) is 3.51. The number of nitrogens with zero attached hydrogens (tertiary/aromatic N) is 3. The number of rotatable bonds is 6. The number of imidazole rings is 1. The van der Waals surface area contributed by atoms with Crippen molar-refractivity contribution in [3.8, 4) is 22.6 Å². The van der Waals surface area contributed by atoms with Gasteiger partial charge >= 0.3 is 0 Å². The van der Waals surface area contributed by atoms with Crippen LogP contribution in [0.1, 0.15) is 25.3 Å². The molecule has 0 saturated heterocycles. The highest BCUT2D eigenvalue weighted by Crippen LogP contribution is 2.36. The van der Waals surface area contributed by atoms with Gasteiger partial charge in [0.05, 0.1) is 12.5 Å². The Morgan fingerprint density at radius 2 is 2.20 bits per heavy atom. The first-order valence-electron chi connectivity index (χ1n) is 9.94. The summed E-state index contributed by atoms with van der Waals surface area (Å²) in [5.41, 5.74) is 3.14. The van der Waals surface area contributed by atoms with E-state index in [2.05, 4.69) is 11.6 Å². The van der Waals surface area contributed by atoms with Gasteiger partial charge in [-0.15, -0.1) is 0 Å². The minimum Gasteiger partial charge on any atom is -0.505 e. The first kappa shape index (κ1) is 19.9. The molecule has 156 valence electrons. The highest BCUT2D eigenvalue weighted by Gasteiger charge is 2.35. The van der Waals surface area contributed by atoms with Crippen LogP contribution < -0.4 is 4.74 Å². The fourth-order valence-corrected chi connectivity index (χ4v) is 3.86. The summed E-state index contributed by atoms with van der Waals surface area (Å²) in [6, 6.07) is 4.83. The van der Waals surface area contributed by atoms with E-state index >= 15 is 0 Å². The van der Waals surface area contributed by atoms with Gasteiger partial charge in [-0.25, -0.2) is 9.37 Å². The Bertz CT molecular complexity index is 1120. The monoisotopic (exact) mass is 409 g/mol. The standard InChI is InChI=1S/C23H24FN3O3/c1-4-14-6-21(28)19(24)10-18(14)15-7-22(20-11-25-13-27(20)12-15)30-17-8-16(9-17)26(3)23(29)5-2/h5-7,10-13,16-17,28H,2,4,8-9H2,1,3H3/t16-,17-. The first-order valence-corrected chi connectivity index (χ1v) is 9.94. The van der Waals surface area contributed by atoms with Gasteiger partial charge in [0.1, 0.15) is 17.4 Å². The number of aromatic nitrogens is 2. The molecule has 2 heterocycles. The Labute approximate surface area is 174 Å². The minimum absolute atomic E-state index is 0.0220. The van der Waals surface area contributed by atoms with Crippen molar-refractivity contribution in [2.24, 2.45) is 0 Å². The predicted octanol–water partition coefficient (Wildman–Crippen LogP) is 3.96. The fraction of sp³-hybridized carbons (Fsp3) is 0.304. The molecule has 7 heteroatoms. The molecule has 30 heavy (non-hydrogen) atoms. The molecule has 3 aromatic rings. The molecular weight excluding hydrogens is 385 g/mol. The molecular formula is C23H24FN3O3. The number of phenolic OH excluding ortho intramolecular Hbond substituents is 1. The van der Waals surface area contributed by atoms with Crippen LogP contribution in [0, 0.1) is 5.82 Å². The molecule has 4 rings (SSSR count). The fourth-order valence-electron chi connectivity index (χ4n) is 3.86. The van der Waals surface area contributed by atoms with Crippen molar-refractivity contribution < 1.29 is 19.0 Å². The van der Waals surface area contributed by atoms with Crippen molar-refractivity contribution in [3.63, 3.8) is 0 Å². The van der Waals surface area contributed by atoms with Crippen LogP contribution in [0.5, 0.6) is 11.5 Å². The number of fused-ring (bicyclic) bond motifs is 1. The van der Waals surface area contributed by atoms with Gasteiger partial charge in [-0.05, 0) is 41.8 Å². The van der Waals surface area contributed by atoms with Crippen molar-refractivity contribution >= 4 is 11.4 Å². The molecule has 1 aromatic carbocycles. The van der Waals surface area contributed by atoms with Gasteiger partial charge in [0.2, 0.25) is 5.91 Å². The topological polar surface area (TPSA) is 67.1 Å². The van der Waals surface area contributed by atoms with Crippen molar-refractivity contribution in [1.29, 1.82) is 0 Å². The summed E-state index contributed by atoms with van der Waals surface area (Å²) in [6.45, 7) is 5.48. The minimum atomic E-state index is -0.660. The van der Waals surface area contributed by atoms with E-state index in [0.29, 0.717) is 17.7 Å². The zero-order valence-corrected chi connectivity index (χ0v) is 17.0. The highest BCUT2D eigenvalue weighted by molar-refractivity contribution is 5.87.